The van der Waals surface area contributed by atoms with Crippen LogP contribution < -0.4 is 10.1 Å². The molecule has 0 aliphatic carbocycles. The zero-order chi connectivity index (χ0) is 19.1. The summed E-state index contributed by atoms with van der Waals surface area (Å²) in [6.45, 7) is -1.93. The monoisotopic (exact) mass is 501 g/mol. The Kier molecular flexibility index (Phi) is 9.67. The molecule has 0 bridgehead atoms. The lowest BCUT2D eigenvalue weighted by Gasteiger charge is -2.33. The second kappa shape index (κ2) is 11.2. The second-order valence-electron chi connectivity index (χ2n) is 5.78. The number of carbonyl (C=O) groups excluding carboxylic acids is 1. The molecule has 152 valence electrons. The van der Waals surface area contributed by atoms with Crippen molar-refractivity contribution in [1.29, 1.82) is 0 Å². The number of nitrogens with one attached hydrogen (secondary N) is 1. The molecule has 1 aliphatic heterocycles. The summed E-state index contributed by atoms with van der Waals surface area (Å²) in [4.78, 5) is 17.6. The quantitative estimate of drug-likeness (QED) is 0.291. The SMILES string of the molecule is CN=C(NCc1c(F)cccc1OC(F)F)N1CCC(C(=O)OC)CC1.I. The van der Waals surface area contributed by atoms with Gasteiger partial charge < -0.3 is 19.7 Å². The molecule has 1 fully saturated rings. The Morgan fingerprint density at radius 1 is 1.37 bits per heavy atom. The van der Waals surface area contributed by atoms with Gasteiger partial charge in [-0.3, -0.25) is 9.79 Å². The number of methoxy groups -OCH3 is 1. The molecule has 0 spiro atoms. The second-order valence-corrected chi connectivity index (χ2v) is 5.78. The highest BCUT2D eigenvalue weighted by atomic mass is 127. The smallest absolute Gasteiger partial charge is 0.387 e. The lowest BCUT2D eigenvalue weighted by atomic mass is 9.97. The lowest BCUT2D eigenvalue weighted by molar-refractivity contribution is -0.146. The van der Waals surface area contributed by atoms with E-state index in [-0.39, 0.29) is 53.7 Å². The van der Waals surface area contributed by atoms with E-state index in [1.54, 1.807) is 7.05 Å². The predicted molar refractivity (Wildman–Crippen MR) is 105 cm³/mol. The Morgan fingerprint density at radius 2 is 2.04 bits per heavy atom. The standard InChI is InChI=1S/C17H22F3N3O3.HI/c1-21-17(23-8-6-11(7-9-23)15(24)25-2)22-10-12-13(18)4-3-5-14(12)26-16(19)20;/h3-5,11,16H,6-10H2,1-2H3,(H,21,22);1H. The topological polar surface area (TPSA) is 63.2 Å². The number of alkyl halides is 2. The van der Waals surface area contributed by atoms with E-state index in [1.165, 1.54) is 25.3 Å². The van der Waals surface area contributed by atoms with Crippen molar-refractivity contribution < 1.29 is 27.4 Å². The van der Waals surface area contributed by atoms with E-state index in [2.05, 4.69) is 15.0 Å². The Morgan fingerprint density at radius 3 is 2.59 bits per heavy atom. The molecule has 1 heterocycles. The number of guanidine groups is 1. The van der Waals surface area contributed by atoms with Gasteiger partial charge in [0.2, 0.25) is 0 Å². The number of hydrogen-bond acceptors (Lipinski definition) is 4. The van der Waals surface area contributed by atoms with Crippen LogP contribution >= 0.6 is 24.0 Å². The van der Waals surface area contributed by atoms with Gasteiger partial charge >= 0.3 is 12.6 Å². The highest BCUT2D eigenvalue weighted by Gasteiger charge is 2.27. The Labute approximate surface area is 173 Å². The van der Waals surface area contributed by atoms with Crippen LogP contribution in [0.2, 0.25) is 0 Å². The number of halogens is 4. The van der Waals surface area contributed by atoms with Crippen LogP contribution in [0.4, 0.5) is 13.2 Å². The fourth-order valence-corrected chi connectivity index (χ4v) is 2.91. The number of aliphatic imine (C=N–C) groups is 1. The molecular weight excluding hydrogens is 478 g/mol. The Bertz CT molecular complexity index is 654. The van der Waals surface area contributed by atoms with E-state index in [0.29, 0.717) is 31.9 Å². The summed E-state index contributed by atoms with van der Waals surface area (Å²) >= 11 is 0. The third-order valence-corrected chi connectivity index (χ3v) is 4.26. The summed E-state index contributed by atoms with van der Waals surface area (Å²) in [6, 6.07) is 3.78. The minimum atomic E-state index is -3.03. The number of rotatable bonds is 5. The number of benzene rings is 1. The van der Waals surface area contributed by atoms with Crippen molar-refractivity contribution in [3.8, 4) is 5.75 Å². The lowest BCUT2D eigenvalue weighted by Crippen LogP contribution is -2.46. The van der Waals surface area contributed by atoms with Gasteiger partial charge in [0.25, 0.3) is 0 Å². The number of esters is 1. The molecule has 0 unspecified atom stereocenters. The van der Waals surface area contributed by atoms with Crippen LogP contribution in [0.1, 0.15) is 18.4 Å². The zero-order valence-electron chi connectivity index (χ0n) is 15.1. The molecule has 1 aromatic rings. The first-order chi connectivity index (χ1) is 12.5. The van der Waals surface area contributed by atoms with Gasteiger partial charge in [0.05, 0.1) is 13.0 Å². The summed E-state index contributed by atoms with van der Waals surface area (Å²) < 4.78 is 48.1. The first-order valence-corrected chi connectivity index (χ1v) is 8.21. The van der Waals surface area contributed by atoms with Crippen molar-refractivity contribution in [2.75, 3.05) is 27.2 Å². The largest absolute Gasteiger partial charge is 0.469 e. The van der Waals surface area contributed by atoms with Crippen molar-refractivity contribution in [1.82, 2.24) is 10.2 Å². The van der Waals surface area contributed by atoms with Crippen molar-refractivity contribution >= 4 is 35.9 Å². The minimum Gasteiger partial charge on any atom is -0.469 e. The van der Waals surface area contributed by atoms with Crippen molar-refractivity contribution in [2.24, 2.45) is 10.9 Å². The number of hydrogen-bond donors (Lipinski definition) is 1. The third-order valence-electron chi connectivity index (χ3n) is 4.26. The van der Waals surface area contributed by atoms with E-state index in [0.717, 1.165) is 0 Å². The van der Waals surface area contributed by atoms with E-state index in [4.69, 9.17) is 4.74 Å². The summed E-state index contributed by atoms with van der Waals surface area (Å²) in [6.07, 6.45) is 1.24. The average molecular weight is 501 g/mol. The molecule has 0 saturated carbocycles. The van der Waals surface area contributed by atoms with Gasteiger partial charge in [0.15, 0.2) is 5.96 Å². The van der Waals surface area contributed by atoms with Crippen LogP contribution in [0.25, 0.3) is 0 Å². The summed E-state index contributed by atoms with van der Waals surface area (Å²) in [7, 11) is 2.94. The van der Waals surface area contributed by atoms with Crippen LogP contribution in [0, 0.1) is 11.7 Å². The van der Waals surface area contributed by atoms with E-state index < -0.39 is 12.4 Å². The molecule has 2 rings (SSSR count). The van der Waals surface area contributed by atoms with E-state index in [1.807, 2.05) is 4.90 Å². The van der Waals surface area contributed by atoms with Crippen LogP contribution in [0.3, 0.4) is 0 Å². The molecule has 1 aromatic carbocycles. The molecule has 10 heteroatoms. The van der Waals surface area contributed by atoms with E-state index in [9.17, 15) is 18.0 Å². The van der Waals surface area contributed by atoms with Crippen LogP contribution in [-0.4, -0.2) is 50.7 Å². The van der Waals surface area contributed by atoms with Crippen molar-refractivity contribution in [3.63, 3.8) is 0 Å². The Balaban J connectivity index is 0.00000364. The fraction of sp³-hybridized carbons (Fsp3) is 0.529. The minimum absolute atomic E-state index is 0. The number of ether oxygens (including phenoxy) is 2. The van der Waals surface area contributed by atoms with Crippen LogP contribution in [-0.2, 0) is 16.1 Å². The summed E-state index contributed by atoms with van der Waals surface area (Å²) in [5.74, 6) is -0.734. The molecule has 1 N–H and O–H groups in total. The number of nitrogens with zero attached hydrogens (tertiary/aromatic N) is 2. The molecule has 0 aromatic heterocycles. The predicted octanol–water partition coefficient (Wildman–Crippen LogP) is 3.01. The first kappa shape index (κ1) is 23.3. The molecule has 1 saturated heterocycles. The normalized spacial score (nSPS) is 15.3. The number of likely N-dealkylation sites (tertiary alicyclic amines) is 1. The first-order valence-electron chi connectivity index (χ1n) is 8.21. The van der Waals surface area contributed by atoms with Gasteiger partial charge in [-0.15, -0.1) is 24.0 Å². The molecule has 6 nitrogen and oxygen atoms in total. The Hall–Kier alpha value is -1.72. The highest BCUT2D eigenvalue weighted by molar-refractivity contribution is 14.0. The van der Waals surface area contributed by atoms with Gasteiger partial charge in [0, 0.05) is 32.2 Å². The van der Waals surface area contributed by atoms with E-state index >= 15 is 0 Å². The maximum atomic E-state index is 14.0. The van der Waals surface area contributed by atoms with Gasteiger partial charge in [-0.05, 0) is 25.0 Å². The van der Waals surface area contributed by atoms with Crippen molar-refractivity contribution in [3.05, 3.63) is 29.6 Å². The maximum Gasteiger partial charge on any atom is 0.387 e. The molecule has 27 heavy (non-hydrogen) atoms. The van der Waals surface area contributed by atoms with Crippen molar-refractivity contribution in [2.45, 2.75) is 26.0 Å². The van der Waals surface area contributed by atoms with Gasteiger partial charge in [-0.25, -0.2) is 4.39 Å². The highest BCUT2D eigenvalue weighted by Crippen LogP contribution is 2.24. The maximum absolute atomic E-state index is 14.0. The number of piperidine rings is 1. The van der Waals surface area contributed by atoms with Gasteiger partial charge in [-0.1, -0.05) is 6.07 Å². The van der Waals surface area contributed by atoms with Gasteiger partial charge in [0.1, 0.15) is 11.6 Å². The summed E-state index contributed by atoms with van der Waals surface area (Å²) in [5.41, 5.74) is -0.00148. The molecule has 0 atom stereocenters. The fourth-order valence-electron chi connectivity index (χ4n) is 2.91. The van der Waals surface area contributed by atoms with Gasteiger partial charge in [-0.2, -0.15) is 8.78 Å². The molecular formula is C17H23F3IN3O3. The molecule has 0 amide bonds. The zero-order valence-corrected chi connectivity index (χ0v) is 17.4. The van der Waals surface area contributed by atoms with Crippen LogP contribution in [0.15, 0.2) is 23.2 Å². The van der Waals surface area contributed by atoms with Crippen LogP contribution in [0.5, 0.6) is 5.75 Å². The molecule has 1 aliphatic rings. The number of carbonyl (C=O) groups is 1. The average Bonchev–Trinajstić information content (AvgIpc) is 2.63. The summed E-state index contributed by atoms with van der Waals surface area (Å²) in [5, 5.41) is 2.96. The molecule has 0 radical (unpaired) electrons. The third kappa shape index (κ3) is 6.43.